The lowest BCUT2D eigenvalue weighted by molar-refractivity contribution is -0.142. The van der Waals surface area contributed by atoms with E-state index in [1.54, 1.807) is 0 Å². The number of imide groups is 1. The molecular formula is C20H22N4O2. The fourth-order valence-corrected chi connectivity index (χ4v) is 3.78. The van der Waals surface area contributed by atoms with Gasteiger partial charge in [0, 0.05) is 18.3 Å². The van der Waals surface area contributed by atoms with Crippen molar-refractivity contribution in [1.82, 2.24) is 19.6 Å². The second-order valence-corrected chi connectivity index (χ2v) is 7.04. The van der Waals surface area contributed by atoms with Gasteiger partial charge >= 0.3 is 0 Å². The predicted octanol–water partition coefficient (Wildman–Crippen LogP) is 2.21. The van der Waals surface area contributed by atoms with Gasteiger partial charge in [0.05, 0.1) is 30.4 Å². The number of rotatable bonds is 5. The third-order valence-corrected chi connectivity index (χ3v) is 5.09. The van der Waals surface area contributed by atoms with Gasteiger partial charge in [-0.2, -0.15) is 5.10 Å². The molecule has 26 heavy (non-hydrogen) atoms. The third-order valence-electron chi connectivity index (χ3n) is 5.09. The van der Waals surface area contributed by atoms with Gasteiger partial charge in [-0.3, -0.25) is 19.4 Å². The summed E-state index contributed by atoms with van der Waals surface area (Å²) < 4.78 is 1.83. The average Bonchev–Trinajstić information content (AvgIpc) is 3.22. The van der Waals surface area contributed by atoms with Crippen LogP contribution in [0, 0.1) is 11.8 Å². The largest absolute Gasteiger partial charge is 0.284 e. The quantitative estimate of drug-likeness (QED) is 0.613. The Kier molecular flexibility index (Phi) is 4.42. The molecule has 1 aromatic heterocycles. The van der Waals surface area contributed by atoms with E-state index in [4.69, 9.17) is 0 Å². The molecule has 2 atom stereocenters. The molecule has 2 aliphatic rings. The zero-order valence-corrected chi connectivity index (χ0v) is 14.8. The second kappa shape index (κ2) is 6.88. The molecule has 4 rings (SSSR count). The highest BCUT2D eigenvalue weighted by Gasteiger charge is 2.47. The minimum atomic E-state index is -0.165. The number of hydrogen-bond acceptors (Lipinski definition) is 4. The molecule has 1 aliphatic heterocycles. The number of amides is 2. The van der Waals surface area contributed by atoms with Crippen molar-refractivity contribution >= 4 is 11.8 Å². The molecule has 1 aromatic carbocycles. The highest BCUT2D eigenvalue weighted by atomic mass is 16.2. The van der Waals surface area contributed by atoms with Gasteiger partial charge in [-0.1, -0.05) is 30.4 Å². The molecule has 1 aliphatic carbocycles. The van der Waals surface area contributed by atoms with Crippen LogP contribution in [0.4, 0.5) is 0 Å². The molecule has 1 fully saturated rings. The summed E-state index contributed by atoms with van der Waals surface area (Å²) in [5.41, 5.74) is 2.04. The van der Waals surface area contributed by atoms with Crippen molar-refractivity contribution < 1.29 is 9.59 Å². The summed E-state index contributed by atoms with van der Waals surface area (Å²) in [5.74, 6) is -0.393. The predicted molar refractivity (Wildman–Crippen MR) is 97.1 cm³/mol. The average molecular weight is 350 g/mol. The maximum absolute atomic E-state index is 12.6. The molecule has 2 amide bonds. The zero-order chi connectivity index (χ0) is 18.1. The van der Waals surface area contributed by atoms with Crippen LogP contribution in [-0.4, -0.2) is 45.1 Å². The van der Waals surface area contributed by atoms with E-state index in [-0.39, 0.29) is 23.7 Å². The first kappa shape index (κ1) is 16.7. The van der Waals surface area contributed by atoms with E-state index in [0.717, 1.165) is 11.3 Å². The van der Waals surface area contributed by atoms with Crippen molar-refractivity contribution in [1.29, 1.82) is 0 Å². The SMILES string of the molecule is CN(Cc1cnn(-c2ccccc2)c1)CN1C(=O)[C@H]2CC=CC[C@@H]2C1=O. The topological polar surface area (TPSA) is 58.4 Å². The van der Waals surface area contributed by atoms with Crippen LogP contribution in [0.1, 0.15) is 18.4 Å². The van der Waals surface area contributed by atoms with Crippen LogP contribution in [0.2, 0.25) is 0 Å². The van der Waals surface area contributed by atoms with Crippen LogP contribution < -0.4 is 0 Å². The highest BCUT2D eigenvalue weighted by Crippen LogP contribution is 2.35. The number of hydrogen-bond donors (Lipinski definition) is 0. The number of carbonyl (C=O) groups excluding carboxylic acids is 2. The Morgan fingerprint density at radius 2 is 1.73 bits per heavy atom. The Hall–Kier alpha value is -2.73. The molecule has 2 aromatic rings. The van der Waals surface area contributed by atoms with Crippen molar-refractivity contribution in [2.24, 2.45) is 11.8 Å². The second-order valence-electron chi connectivity index (χ2n) is 7.04. The molecule has 134 valence electrons. The number of nitrogens with zero attached hydrogens (tertiary/aromatic N) is 4. The summed E-state index contributed by atoms with van der Waals surface area (Å²) in [4.78, 5) is 28.5. The van der Waals surface area contributed by atoms with E-state index < -0.39 is 0 Å². The minimum Gasteiger partial charge on any atom is -0.284 e. The van der Waals surface area contributed by atoms with Gasteiger partial charge in [-0.15, -0.1) is 0 Å². The molecule has 0 bridgehead atoms. The molecule has 2 heterocycles. The van der Waals surface area contributed by atoms with Gasteiger partial charge in [-0.05, 0) is 32.0 Å². The normalized spacial score (nSPS) is 22.3. The van der Waals surface area contributed by atoms with Crippen molar-refractivity contribution in [3.8, 4) is 5.69 Å². The van der Waals surface area contributed by atoms with Crippen molar-refractivity contribution in [3.63, 3.8) is 0 Å². The van der Waals surface area contributed by atoms with E-state index in [9.17, 15) is 9.59 Å². The minimum absolute atomic E-state index is 0.0313. The summed E-state index contributed by atoms with van der Waals surface area (Å²) >= 11 is 0. The van der Waals surface area contributed by atoms with E-state index in [1.165, 1.54) is 4.90 Å². The van der Waals surface area contributed by atoms with Gasteiger partial charge in [0.2, 0.25) is 11.8 Å². The summed E-state index contributed by atoms with van der Waals surface area (Å²) in [7, 11) is 1.92. The Morgan fingerprint density at radius 1 is 1.08 bits per heavy atom. The van der Waals surface area contributed by atoms with Crippen molar-refractivity contribution in [2.45, 2.75) is 19.4 Å². The van der Waals surface area contributed by atoms with E-state index in [1.807, 2.05) is 71.5 Å². The number of likely N-dealkylation sites (tertiary alicyclic amines) is 1. The molecule has 0 unspecified atom stereocenters. The molecule has 6 nitrogen and oxygen atoms in total. The van der Waals surface area contributed by atoms with E-state index >= 15 is 0 Å². The number of benzene rings is 1. The monoisotopic (exact) mass is 350 g/mol. The number of allylic oxidation sites excluding steroid dienone is 2. The lowest BCUT2D eigenvalue weighted by atomic mass is 9.85. The molecular weight excluding hydrogens is 328 g/mol. The van der Waals surface area contributed by atoms with E-state index in [0.29, 0.717) is 26.1 Å². The molecule has 1 saturated heterocycles. The van der Waals surface area contributed by atoms with Gasteiger partial charge in [-0.25, -0.2) is 4.68 Å². The summed E-state index contributed by atoms with van der Waals surface area (Å²) in [6.45, 7) is 0.943. The van der Waals surface area contributed by atoms with E-state index in [2.05, 4.69) is 5.10 Å². The summed E-state index contributed by atoms with van der Waals surface area (Å²) in [6, 6.07) is 9.91. The maximum Gasteiger partial charge on any atom is 0.234 e. The fraction of sp³-hybridized carbons (Fsp3) is 0.350. The van der Waals surface area contributed by atoms with Crippen LogP contribution in [-0.2, 0) is 16.1 Å². The Morgan fingerprint density at radius 3 is 2.38 bits per heavy atom. The van der Waals surface area contributed by atoms with Gasteiger partial charge in [0.1, 0.15) is 0 Å². The van der Waals surface area contributed by atoms with Crippen molar-refractivity contribution in [3.05, 3.63) is 60.4 Å². The van der Waals surface area contributed by atoms with Crippen LogP contribution >= 0.6 is 0 Å². The Labute approximate surface area is 152 Å². The third kappa shape index (κ3) is 3.08. The number of fused-ring (bicyclic) bond motifs is 1. The molecule has 0 N–H and O–H groups in total. The fourth-order valence-electron chi connectivity index (χ4n) is 3.78. The molecule has 6 heteroatoms. The molecule has 0 saturated carbocycles. The van der Waals surface area contributed by atoms with Gasteiger partial charge in [0.25, 0.3) is 0 Å². The van der Waals surface area contributed by atoms with Gasteiger partial charge in [0.15, 0.2) is 0 Å². The summed E-state index contributed by atoms with van der Waals surface area (Å²) in [6.07, 6.45) is 9.18. The standard InChI is InChI=1S/C20H22N4O2/c1-22(12-15-11-21-24(13-15)16-7-3-2-4-8-16)14-23-19(25)17-9-5-6-10-18(17)20(23)26/h2-8,11,13,17-18H,9-10,12,14H2,1H3/t17-,18-/m0/s1. The van der Waals surface area contributed by atoms with Gasteiger partial charge < -0.3 is 0 Å². The lowest BCUT2D eigenvalue weighted by Gasteiger charge is -2.22. The van der Waals surface area contributed by atoms with Crippen LogP contribution in [0.5, 0.6) is 0 Å². The zero-order valence-electron chi connectivity index (χ0n) is 14.8. The first-order valence-electron chi connectivity index (χ1n) is 8.91. The summed E-state index contributed by atoms with van der Waals surface area (Å²) in [5, 5.41) is 4.39. The lowest BCUT2D eigenvalue weighted by Crippen LogP contribution is -2.39. The molecule has 0 radical (unpaired) electrons. The van der Waals surface area contributed by atoms with Crippen LogP contribution in [0.25, 0.3) is 5.69 Å². The highest BCUT2D eigenvalue weighted by molar-refractivity contribution is 6.05. The van der Waals surface area contributed by atoms with Crippen LogP contribution in [0.15, 0.2) is 54.9 Å². The molecule has 0 spiro atoms. The van der Waals surface area contributed by atoms with Crippen molar-refractivity contribution in [2.75, 3.05) is 13.7 Å². The maximum atomic E-state index is 12.6. The first-order valence-corrected chi connectivity index (χ1v) is 8.91. The Bertz CT molecular complexity index is 817. The smallest absolute Gasteiger partial charge is 0.234 e. The Balaban J connectivity index is 1.40. The number of para-hydroxylation sites is 1. The number of aromatic nitrogens is 2. The van der Waals surface area contributed by atoms with Crippen LogP contribution in [0.3, 0.4) is 0 Å². The first-order chi connectivity index (χ1) is 12.6. The number of carbonyl (C=O) groups is 2.